The van der Waals surface area contributed by atoms with Crippen LogP contribution < -0.4 is 11.3 Å². The number of rotatable bonds is 4. The van der Waals surface area contributed by atoms with Crippen LogP contribution in [-0.2, 0) is 0 Å². The number of amides is 1. The monoisotopic (exact) mass is 276 g/mol. The fraction of sp³-hybridized carbons (Fsp3) is 0.231. The zero-order valence-corrected chi connectivity index (χ0v) is 11.6. The Bertz CT molecular complexity index is 538. The van der Waals surface area contributed by atoms with E-state index < -0.39 is 0 Å². The summed E-state index contributed by atoms with van der Waals surface area (Å²) >= 11 is 1.64. The summed E-state index contributed by atoms with van der Waals surface area (Å²) in [6.07, 6.45) is 1.54. The van der Waals surface area contributed by atoms with Gasteiger partial charge in [-0.3, -0.25) is 10.6 Å². The van der Waals surface area contributed by atoms with Crippen LogP contribution in [0.4, 0.5) is 5.69 Å². The minimum Gasteiger partial charge on any atom is -0.333 e. The first kappa shape index (κ1) is 13.5. The highest BCUT2D eigenvalue weighted by Gasteiger charge is 2.20. The Morgan fingerprint density at radius 2 is 2.26 bits per heavy atom. The molecule has 6 heteroatoms. The first-order valence-corrected chi connectivity index (χ1v) is 6.74. The van der Waals surface area contributed by atoms with E-state index in [1.165, 1.54) is 6.20 Å². The molecular formula is C13H16N4OS. The van der Waals surface area contributed by atoms with E-state index in [9.17, 15) is 4.79 Å². The summed E-state index contributed by atoms with van der Waals surface area (Å²) in [5.41, 5.74) is 3.56. The molecule has 1 atom stereocenters. The van der Waals surface area contributed by atoms with Crippen molar-refractivity contribution in [2.24, 2.45) is 5.84 Å². The molecule has 0 aliphatic carbocycles. The third-order valence-electron chi connectivity index (χ3n) is 3.01. The van der Waals surface area contributed by atoms with Gasteiger partial charge in [0.25, 0.3) is 5.91 Å². The lowest BCUT2D eigenvalue weighted by Crippen LogP contribution is -2.29. The number of nitrogens with two attached hydrogens (primary N) is 1. The fourth-order valence-corrected chi connectivity index (χ4v) is 2.51. The summed E-state index contributed by atoms with van der Waals surface area (Å²) < 4.78 is 0. The molecule has 1 unspecified atom stereocenters. The van der Waals surface area contributed by atoms with Crippen molar-refractivity contribution in [2.45, 2.75) is 13.0 Å². The van der Waals surface area contributed by atoms with Gasteiger partial charge in [-0.2, -0.15) is 0 Å². The maximum atomic E-state index is 12.3. The molecule has 0 saturated heterocycles. The highest BCUT2D eigenvalue weighted by molar-refractivity contribution is 7.10. The number of pyridine rings is 1. The highest BCUT2D eigenvalue weighted by atomic mass is 32.1. The predicted octanol–water partition coefficient (Wildman–Crippen LogP) is 2.26. The molecule has 2 aromatic rings. The first-order chi connectivity index (χ1) is 9.13. The molecule has 2 rings (SSSR count). The summed E-state index contributed by atoms with van der Waals surface area (Å²) in [6, 6.07) is 7.42. The largest absolute Gasteiger partial charge is 0.333 e. The Balaban J connectivity index is 2.14. The standard InChI is InChI=1S/C13H16N4OS/c1-9(12-4-3-7-19-12)17(2)13(18)11-6-5-10(16-14)8-15-11/h3-9,16H,14H2,1-2H3. The third-order valence-corrected chi connectivity index (χ3v) is 4.05. The molecule has 0 aromatic carbocycles. The van der Waals surface area contributed by atoms with Crippen LogP contribution >= 0.6 is 11.3 Å². The number of nitrogen functional groups attached to an aromatic ring is 1. The summed E-state index contributed by atoms with van der Waals surface area (Å²) in [7, 11) is 1.78. The Labute approximate surface area is 116 Å². The van der Waals surface area contributed by atoms with E-state index in [4.69, 9.17) is 5.84 Å². The molecule has 100 valence electrons. The zero-order chi connectivity index (χ0) is 13.8. The average Bonchev–Trinajstić information content (AvgIpc) is 2.99. The molecule has 5 nitrogen and oxygen atoms in total. The lowest BCUT2D eigenvalue weighted by Gasteiger charge is -2.23. The van der Waals surface area contributed by atoms with E-state index in [0.717, 1.165) is 4.88 Å². The van der Waals surface area contributed by atoms with Crippen LogP contribution in [0.15, 0.2) is 35.8 Å². The number of nitrogens with zero attached hydrogens (tertiary/aromatic N) is 2. The van der Waals surface area contributed by atoms with Gasteiger partial charge in [0.05, 0.1) is 17.9 Å². The predicted molar refractivity (Wildman–Crippen MR) is 76.9 cm³/mol. The van der Waals surface area contributed by atoms with Gasteiger partial charge in [-0.25, -0.2) is 4.98 Å². The van der Waals surface area contributed by atoms with Crippen molar-refractivity contribution >= 4 is 22.9 Å². The van der Waals surface area contributed by atoms with Gasteiger partial charge in [0, 0.05) is 11.9 Å². The lowest BCUT2D eigenvalue weighted by atomic mass is 10.2. The minimum atomic E-state index is -0.107. The average molecular weight is 276 g/mol. The molecular weight excluding hydrogens is 260 g/mol. The smallest absolute Gasteiger partial charge is 0.272 e. The van der Waals surface area contributed by atoms with Crippen LogP contribution in [0.25, 0.3) is 0 Å². The highest BCUT2D eigenvalue weighted by Crippen LogP contribution is 2.24. The number of carbonyl (C=O) groups is 1. The molecule has 0 aliphatic rings. The molecule has 2 heterocycles. The molecule has 1 amide bonds. The minimum absolute atomic E-state index is 0.0293. The van der Waals surface area contributed by atoms with Crippen molar-refractivity contribution in [1.82, 2.24) is 9.88 Å². The van der Waals surface area contributed by atoms with E-state index in [0.29, 0.717) is 11.4 Å². The van der Waals surface area contributed by atoms with Crippen LogP contribution in [0.2, 0.25) is 0 Å². The normalized spacial score (nSPS) is 11.9. The van der Waals surface area contributed by atoms with Gasteiger partial charge < -0.3 is 10.3 Å². The Kier molecular flexibility index (Phi) is 4.13. The zero-order valence-electron chi connectivity index (χ0n) is 10.8. The van der Waals surface area contributed by atoms with Gasteiger partial charge >= 0.3 is 0 Å². The molecule has 0 aliphatic heterocycles. The summed E-state index contributed by atoms with van der Waals surface area (Å²) in [6.45, 7) is 2.00. The number of nitrogens with one attached hydrogen (secondary N) is 1. The van der Waals surface area contributed by atoms with E-state index in [-0.39, 0.29) is 11.9 Å². The van der Waals surface area contributed by atoms with Gasteiger partial charge in [-0.1, -0.05) is 6.07 Å². The summed E-state index contributed by atoms with van der Waals surface area (Å²) in [4.78, 5) is 19.2. The number of hydrogen-bond acceptors (Lipinski definition) is 5. The molecule has 3 N–H and O–H groups in total. The lowest BCUT2D eigenvalue weighted by molar-refractivity contribution is 0.0739. The molecule has 2 aromatic heterocycles. The van der Waals surface area contributed by atoms with E-state index >= 15 is 0 Å². The van der Waals surface area contributed by atoms with Crippen LogP contribution in [-0.4, -0.2) is 22.8 Å². The van der Waals surface area contributed by atoms with Crippen LogP contribution in [0.5, 0.6) is 0 Å². The quantitative estimate of drug-likeness (QED) is 0.664. The van der Waals surface area contributed by atoms with Crippen molar-refractivity contribution < 1.29 is 4.79 Å². The van der Waals surface area contributed by atoms with Gasteiger partial charge in [-0.15, -0.1) is 11.3 Å². The van der Waals surface area contributed by atoms with E-state index in [1.807, 2.05) is 24.4 Å². The van der Waals surface area contributed by atoms with E-state index in [2.05, 4.69) is 10.4 Å². The molecule has 0 saturated carbocycles. The van der Waals surface area contributed by atoms with Crippen molar-refractivity contribution in [2.75, 3.05) is 12.5 Å². The number of hydrogen-bond donors (Lipinski definition) is 2. The number of anilines is 1. The van der Waals surface area contributed by atoms with Gasteiger partial charge in [0.2, 0.25) is 0 Å². The Hall–Kier alpha value is -1.92. The Morgan fingerprint density at radius 3 is 2.79 bits per heavy atom. The topological polar surface area (TPSA) is 71.2 Å². The summed E-state index contributed by atoms with van der Waals surface area (Å²) in [5, 5.41) is 2.00. The molecule has 0 fully saturated rings. The van der Waals surface area contributed by atoms with Crippen molar-refractivity contribution in [1.29, 1.82) is 0 Å². The van der Waals surface area contributed by atoms with Crippen LogP contribution in [0.3, 0.4) is 0 Å². The maximum Gasteiger partial charge on any atom is 0.272 e. The number of thiophene rings is 1. The maximum absolute atomic E-state index is 12.3. The van der Waals surface area contributed by atoms with Crippen molar-refractivity contribution in [3.63, 3.8) is 0 Å². The number of hydrazine groups is 1. The molecule has 0 spiro atoms. The molecule has 19 heavy (non-hydrogen) atoms. The van der Waals surface area contributed by atoms with Crippen LogP contribution in [0, 0.1) is 0 Å². The van der Waals surface area contributed by atoms with Crippen molar-refractivity contribution in [3.8, 4) is 0 Å². The summed E-state index contributed by atoms with van der Waals surface area (Å²) in [5.74, 6) is 5.16. The SMILES string of the molecule is CC(c1cccs1)N(C)C(=O)c1ccc(NN)cn1. The van der Waals surface area contributed by atoms with Gasteiger partial charge in [-0.05, 0) is 30.5 Å². The molecule has 0 bridgehead atoms. The second-order valence-corrected chi connectivity index (χ2v) is 5.16. The number of aromatic nitrogens is 1. The second kappa shape index (κ2) is 5.81. The van der Waals surface area contributed by atoms with E-state index in [1.54, 1.807) is 35.4 Å². The fourth-order valence-electron chi connectivity index (χ4n) is 1.68. The number of carbonyl (C=O) groups excluding carboxylic acids is 1. The third kappa shape index (κ3) is 2.91. The van der Waals surface area contributed by atoms with Gasteiger partial charge in [0.15, 0.2) is 0 Å². The van der Waals surface area contributed by atoms with Gasteiger partial charge in [0.1, 0.15) is 5.69 Å². The van der Waals surface area contributed by atoms with Crippen LogP contribution in [0.1, 0.15) is 28.3 Å². The second-order valence-electron chi connectivity index (χ2n) is 4.18. The molecule has 0 radical (unpaired) electrons. The Morgan fingerprint density at radius 1 is 1.47 bits per heavy atom. The van der Waals surface area contributed by atoms with Crippen molar-refractivity contribution in [3.05, 3.63) is 46.4 Å². The first-order valence-electron chi connectivity index (χ1n) is 5.86.